The molecule has 17 heavy (non-hydrogen) atoms. The van der Waals surface area contributed by atoms with Gasteiger partial charge in [-0.2, -0.15) is 5.10 Å². The van der Waals surface area contributed by atoms with Crippen molar-refractivity contribution in [2.24, 2.45) is 0 Å². The summed E-state index contributed by atoms with van der Waals surface area (Å²) >= 11 is 0. The average molecular weight is 236 g/mol. The van der Waals surface area contributed by atoms with Gasteiger partial charge in [-0.25, -0.2) is 0 Å². The van der Waals surface area contributed by atoms with Crippen LogP contribution in [0.25, 0.3) is 0 Å². The highest BCUT2D eigenvalue weighted by atomic mass is 16.1. The Morgan fingerprint density at radius 2 is 2.41 bits per heavy atom. The van der Waals surface area contributed by atoms with Crippen molar-refractivity contribution in [3.05, 3.63) is 18.5 Å². The average Bonchev–Trinajstić information content (AvgIpc) is 2.79. The molecule has 0 aromatic carbocycles. The molecule has 94 valence electrons. The molecule has 1 N–H and O–H groups in total. The minimum Gasteiger partial charge on any atom is -0.352 e. The number of hydrogen-bond acceptors (Lipinski definition) is 3. The van der Waals surface area contributed by atoms with Gasteiger partial charge in [-0.05, 0) is 25.5 Å². The van der Waals surface area contributed by atoms with Crippen molar-refractivity contribution in [2.75, 3.05) is 19.6 Å². The third-order valence-corrected chi connectivity index (χ3v) is 3.12. The van der Waals surface area contributed by atoms with Crippen LogP contribution >= 0.6 is 0 Å². The summed E-state index contributed by atoms with van der Waals surface area (Å²) in [6.45, 7) is 5.58. The Morgan fingerprint density at radius 3 is 3.12 bits per heavy atom. The van der Waals surface area contributed by atoms with E-state index < -0.39 is 0 Å². The molecule has 1 amide bonds. The number of aromatic nitrogens is 2. The van der Waals surface area contributed by atoms with Crippen LogP contribution in [0.4, 0.5) is 0 Å². The van der Waals surface area contributed by atoms with Crippen molar-refractivity contribution >= 4 is 5.91 Å². The molecule has 1 aromatic rings. The number of piperidine rings is 1. The Hall–Kier alpha value is -1.36. The van der Waals surface area contributed by atoms with Crippen molar-refractivity contribution in [2.45, 2.75) is 32.4 Å². The largest absolute Gasteiger partial charge is 0.352 e. The second kappa shape index (κ2) is 5.82. The van der Waals surface area contributed by atoms with Crippen molar-refractivity contribution in [3.63, 3.8) is 0 Å². The summed E-state index contributed by atoms with van der Waals surface area (Å²) in [5.41, 5.74) is 0. The predicted octanol–water partition coefficient (Wildman–Crippen LogP) is 0.484. The van der Waals surface area contributed by atoms with E-state index in [1.165, 1.54) is 0 Å². The monoisotopic (exact) mass is 236 g/mol. The van der Waals surface area contributed by atoms with E-state index in [9.17, 15) is 4.79 Å². The van der Waals surface area contributed by atoms with Crippen molar-refractivity contribution in [3.8, 4) is 0 Å². The van der Waals surface area contributed by atoms with Gasteiger partial charge in [0, 0.05) is 38.4 Å². The van der Waals surface area contributed by atoms with Crippen LogP contribution in [0.2, 0.25) is 0 Å². The summed E-state index contributed by atoms with van der Waals surface area (Å²) < 4.78 is 1.95. The molecule has 1 saturated heterocycles. The minimum absolute atomic E-state index is 0.0731. The lowest BCUT2D eigenvalue weighted by molar-refractivity contribution is -0.120. The van der Waals surface area contributed by atoms with Crippen LogP contribution in [0.5, 0.6) is 0 Å². The van der Waals surface area contributed by atoms with Gasteiger partial charge in [-0.15, -0.1) is 0 Å². The Morgan fingerprint density at radius 1 is 1.53 bits per heavy atom. The minimum atomic E-state index is 0.0731. The molecule has 0 spiro atoms. The molecule has 0 aliphatic carbocycles. The molecular weight excluding hydrogens is 216 g/mol. The fraction of sp³-hybridized carbons (Fsp3) is 0.667. The number of hydrogen-bond donors (Lipinski definition) is 1. The van der Waals surface area contributed by atoms with E-state index in [0.29, 0.717) is 6.04 Å². The maximum absolute atomic E-state index is 11.0. The number of rotatable bonds is 4. The van der Waals surface area contributed by atoms with Crippen LogP contribution in [-0.2, 0) is 11.3 Å². The third kappa shape index (κ3) is 3.85. The van der Waals surface area contributed by atoms with E-state index >= 15 is 0 Å². The van der Waals surface area contributed by atoms with Gasteiger partial charge in [-0.1, -0.05) is 0 Å². The summed E-state index contributed by atoms with van der Waals surface area (Å²) in [6, 6.07) is 2.26. The van der Waals surface area contributed by atoms with Crippen LogP contribution < -0.4 is 5.32 Å². The Bertz CT molecular complexity index is 349. The maximum atomic E-state index is 11.0. The number of nitrogens with zero attached hydrogens (tertiary/aromatic N) is 3. The van der Waals surface area contributed by atoms with Crippen LogP contribution in [0, 0.1) is 0 Å². The lowest BCUT2D eigenvalue weighted by Gasteiger charge is -2.32. The van der Waals surface area contributed by atoms with Gasteiger partial charge in [0.05, 0.1) is 6.54 Å². The number of carbonyl (C=O) groups is 1. The Labute approximate surface area is 102 Å². The van der Waals surface area contributed by atoms with Gasteiger partial charge in [0.15, 0.2) is 0 Å². The fourth-order valence-corrected chi connectivity index (χ4v) is 2.34. The Balaban J connectivity index is 1.75. The molecule has 1 aromatic heterocycles. The lowest BCUT2D eigenvalue weighted by atomic mass is 10.1. The molecular formula is C12H20N4O. The molecule has 0 radical (unpaired) electrons. The number of likely N-dealkylation sites (tertiary alicyclic amines) is 1. The van der Waals surface area contributed by atoms with Crippen LogP contribution in [0.1, 0.15) is 19.8 Å². The zero-order valence-corrected chi connectivity index (χ0v) is 10.3. The van der Waals surface area contributed by atoms with Gasteiger partial charge in [0.1, 0.15) is 0 Å². The van der Waals surface area contributed by atoms with Gasteiger partial charge in [0.25, 0.3) is 0 Å². The molecule has 2 rings (SSSR count). The SMILES string of the molecule is CC(=O)NC1CCCN(CCn2cccn2)C1. The van der Waals surface area contributed by atoms with Crippen LogP contribution in [0.3, 0.4) is 0 Å². The molecule has 1 atom stereocenters. The number of amides is 1. The van der Waals surface area contributed by atoms with Gasteiger partial charge < -0.3 is 5.32 Å². The van der Waals surface area contributed by atoms with Crippen molar-refractivity contribution in [1.82, 2.24) is 20.0 Å². The molecule has 1 fully saturated rings. The summed E-state index contributed by atoms with van der Waals surface area (Å²) in [4.78, 5) is 13.4. The lowest BCUT2D eigenvalue weighted by Crippen LogP contribution is -2.47. The zero-order valence-electron chi connectivity index (χ0n) is 10.3. The quantitative estimate of drug-likeness (QED) is 0.827. The molecule has 0 saturated carbocycles. The van der Waals surface area contributed by atoms with Crippen molar-refractivity contribution in [1.29, 1.82) is 0 Å². The maximum Gasteiger partial charge on any atom is 0.217 e. The van der Waals surface area contributed by atoms with Crippen molar-refractivity contribution < 1.29 is 4.79 Å². The highest BCUT2D eigenvalue weighted by Crippen LogP contribution is 2.09. The third-order valence-electron chi connectivity index (χ3n) is 3.12. The molecule has 1 aliphatic rings. The standard InChI is InChI=1S/C12H20N4O/c1-11(17)14-12-4-2-6-15(10-12)8-9-16-7-3-5-13-16/h3,5,7,12H,2,4,6,8-10H2,1H3,(H,14,17). The molecule has 5 heteroatoms. The van der Waals surface area contributed by atoms with Gasteiger partial charge in [-0.3, -0.25) is 14.4 Å². The second-order valence-corrected chi connectivity index (χ2v) is 4.61. The van der Waals surface area contributed by atoms with Gasteiger partial charge >= 0.3 is 0 Å². The van der Waals surface area contributed by atoms with Crippen LogP contribution in [-0.4, -0.2) is 46.3 Å². The van der Waals surface area contributed by atoms with Crippen LogP contribution in [0.15, 0.2) is 18.5 Å². The molecule has 1 aliphatic heterocycles. The molecule has 1 unspecified atom stereocenters. The fourth-order valence-electron chi connectivity index (χ4n) is 2.34. The molecule has 5 nitrogen and oxygen atoms in total. The van der Waals surface area contributed by atoms with E-state index in [2.05, 4.69) is 15.3 Å². The summed E-state index contributed by atoms with van der Waals surface area (Å²) in [7, 11) is 0. The van der Waals surface area contributed by atoms with E-state index in [0.717, 1.165) is 39.0 Å². The summed E-state index contributed by atoms with van der Waals surface area (Å²) in [5.74, 6) is 0.0731. The first-order chi connectivity index (χ1) is 8.24. The first-order valence-corrected chi connectivity index (χ1v) is 6.21. The van der Waals surface area contributed by atoms with Gasteiger partial charge in [0.2, 0.25) is 5.91 Å². The highest BCUT2D eigenvalue weighted by Gasteiger charge is 2.19. The van der Waals surface area contributed by atoms with E-state index in [1.807, 2.05) is 16.9 Å². The number of carbonyl (C=O) groups excluding carboxylic acids is 1. The first-order valence-electron chi connectivity index (χ1n) is 6.21. The zero-order chi connectivity index (χ0) is 12.1. The predicted molar refractivity (Wildman–Crippen MR) is 65.5 cm³/mol. The number of nitrogens with one attached hydrogen (secondary N) is 1. The van der Waals surface area contributed by atoms with E-state index in [1.54, 1.807) is 13.1 Å². The molecule has 0 bridgehead atoms. The highest BCUT2D eigenvalue weighted by molar-refractivity contribution is 5.73. The normalized spacial score (nSPS) is 21.4. The van der Waals surface area contributed by atoms with E-state index in [4.69, 9.17) is 0 Å². The summed E-state index contributed by atoms with van der Waals surface area (Å²) in [6.07, 6.45) is 6.04. The summed E-state index contributed by atoms with van der Waals surface area (Å²) in [5, 5.41) is 7.19. The van der Waals surface area contributed by atoms with E-state index in [-0.39, 0.29) is 5.91 Å². The first kappa shape index (κ1) is 12.1. The topological polar surface area (TPSA) is 50.2 Å². The smallest absolute Gasteiger partial charge is 0.217 e. The second-order valence-electron chi connectivity index (χ2n) is 4.61. The molecule has 2 heterocycles. The Kier molecular flexibility index (Phi) is 4.14.